The van der Waals surface area contributed by atoms with Crippen LogP contribution in [-0.4, -0.2) is 29.0 Å². The molecule has 1 fully saturated rings. The number of aliphatic hydroxyl groups is 1. The standard InChI is InChI=1S/C17H20N2O2/c1-2-16-9-5-11-18-15-12-6-3-4-7-13(12)19(17(15,16)21)14(20)8-10-16/h3-4,6-7,21H,2,5,8-11H2,1H3. The highest BCUT2D eigenvalue weighted by atomic mass is 16.3. The molecule has 1 saturated heterocycles. The first-order chi connectivity index (χ1) is 10.1. The summed E-state index contributed by atoms with van der Waals surface area (Å²) in [5.74, 6) is 0.0149. The van der Waals surface area contributed by atoms with Crippen molar-refractivity contribution in [2.45, 2.75) is 44.8 Å². The van der Waals surface area contributed by atoms with E-state index in [0.29, 0.717) is 12.1 Å². The van der Waals surface area contributed by atoms with Crippen molar-refractivity contribution in [3.63, 3.8) is 0 Å². The molecule has 0 bridgehead atoms. The molecular formula is C17H20N2O2. The van der Waals surface area contributed by atoms with Gasteiger partial charge in [0.1, 0.15) is 0 Å². The maximum absolute atomic E-state index is 12.6. The van der Waals surface area contributed by atoms with Gasteiger partial charge in [0.25, 0.3) is 0 Å². The van der Waals surface area contributed by atoms with E-state index < -0.39 is 5.72 Å². The molecule has 3 aliphatic rings. The highest BCUT2D eigenvalue weighted by Gasteiger charge is 2.64. The number of nitrogens with zero attached hydrogens (tertiary/aromatic N) is 2. The maximum atomic E-state index is 12.6. The van der Waals surface area contributed by atoms with Gasteiger partial charge in [-0.05, 0) is 31.7 Å². The number of hydrogen-bond donors (Lipinski definition) is 1. The Hall–Kier alpha value is -1.68. The first-order valence-corrected chi connectivity index (χ1v) is 7.84. The minimum atomic E-state index is -1.25. The Bertz CT molecular complexity index is 654. The van der Waals surface area contributed by atoms with E-state index in [1.165, 1.54) is 0 Å². The Morgan fingerprint density at radius 3 is 2.95 bits per heavy atom. The lowest BCUT2D eigenvalue weighted by molar-refractivity contribution is -0.134. The minimum absolute atomic E-state index is 0.0149. The van der Waals surface area contributed by atoms with Crippen LogP contribution >= 0.6 is 0 Å². The molecule has 0 spiro atoms. The van der Waals surface area contributed by atoms with Crippen molar-refractivity contribution in [1.82, 2.24) is 0 Å². The molecule has 110 valence electrons. The zero-order valence-corrected chi connectivity index (χ0v) is 12.3. The van der Waals surface area contributed by atoms with Gasteiger partial charge in [-0.1, -0.05) is 25.1 Å². The molecule has 1 amide bonds. The number of anilines is 1. The summed E-state index contributed by atoms with van der Waals surface area (Å²) < 4.78 is 0. The van der Waals surface area contributed by atoms with Gasteiger partial charge in [0.05, 0.1) is 11.4 Å². The van der Waals surface area contributed by atoms with Gasteiger partial charge in [0.15, 0.2) is 5.72 Å². The number of para-hydroxylation sites is 1. The largest absolute Gasteiger partial charge is 0.365 e. The number of amides is 1. The van der Waals surface area contributed by atoms with Crippen molar-refractivity contribution in [3.8, 4) is 0 Å². The first kappa shape index (κ1) is 13.0. The number of piperidine rings is 1. The molecule has 3 aliphatic heterocycles. The highest BCUT2D eigenvalue weighted by Crippen LogP contribution is 2.56. The van der Waals surface area contributed by atoms with E-state index in [-0.39, 0.29) is 11.3 Å². The fraction of sp³-hybridized carbons (Fsp3) is 0.529. The van der Waals surface area contributed by atoms with E-state index in [2.05, 4.69) is 11.9 Å². The summed E-state index contributed by atoms with van der Waals surface area (Å²) in [6.45, 7) is 2.85. The zero-order valence-electron chi connectivity index (χ0n) is 12.3. The first-order valence-electron chi connectivity index (χ1n) is 7.84. The average Bonchev–Trinajstić information content (AvgIpc) is 2.66. The summed E-state index contributed by atoms with van der Waals surface area (Å²) in [5.41, 5.74) is 0.940. The summed E-state index contributed by atoms with van der Waals surface area (Å²) >= 11 is 0. The highest BCUT2D eigenvalue weighted by molar-refractivity contribution is 6.23. The molecule has 21 heavy (non-hydrogen) atoms. The second-order valence-electron chi connectivity index (χ2n) is 6.39. The third-order valence-electron chi connectivity index (χ3n) is 5.62. The molecule has 1 aromatic carbocycles. The van der Waals surface area contributed by atoms with Crippen molar-refractivity contribution in [2.24, 2.45) is 10.4 Å². The third-order valence-corrected chi connectivity index (χ3v) is 5.62. The van der Waals surface area contributed by atoms with Crippen LogP contribution in [0.15, 0.2) is 29.3 Å². The predicted molar refractivity (Wildman–Crippen MR) is 81.5 cm³/mol. The second-order valence-corrected chi connectivity index (χ2v) is 6.39. The second kappa shape index (κ2) is 4.17. The van der Waals surface area contributed by atoms with E-state index in [1.54, 1.807) is 4.90 Å². The summed E-state index contributed by atoms with van der Waals surface area (Å²) in [6, 6.07) is 7.77. The smallest absolute Gasteiger partial charge is 0.229 e. The average molecular weight is 284 g/mol. The zero-order chi connectivity index (χ0) is 14.7. The number of aliphatic imine (C=N–C) groups is 1. The molecule has 1 aromatic rings. The number of fused-ring (bicyclic) bond motifs is 3. The van der Waals surface area contributed by atoms with Gasteiger partial charge in [-0.3, -0.25) is 14.7 Å². The van der Waals surface area contributed by atoms with Gasteiger partial charge in [-0.2, -0.15) is 0 Å². The Labute approximate surface area is 124 Å². The van der Waals surface area contributed by atoms with Crippen LogP contribution in [-0.2, 0) is 4.79 Å². The summed E-state index contributed by atoms with van der Waals surface area (Å²) in [7, 11) is 0. The van der Waals surface area contributed by atoms with Crippen LogP contribution < -0.4 is 4.90 Å². The third kappa shape index (κ3) is 1.39. The Balaban J connectivity index is 2.04. The lowest BCUT2D eigenvalue weighted by Gasteiger charge is -2.52. The summed E-state index contributed by atoms with van der Waals surface area (Å²) in [6.07, 6.45) is 4.02. The van der Waals surface area contributed by atoms with Crippen molar-refractivity contribution >= 4 is 17.3 Å². The van der Waals surface area contributed by atoms with Crippen LogP contribution in [0.1, 0.15) is 44.6 Å². The quantitative estimate of drug-likeness (QED) is 0.861. The van der Waals surface area contributed by atoms with Gasteiger partial charge in [-0.25, -0.2) is 0 Å². The van der Waals surface area contributed by atoms with Crippen LogP contribution in [0.3, 0.4) is 0 Å². The van der Waals surface area contributed by atoms with Gasteiger partial charge >= 0.3 is 0 Å². The monoisotopic (exact) mass is 284 g/mol. The molecule has 0 saturated carbocycles. The Morgan fingerprint density at radius 1 is 1.33 bits per heavy atom. The molecule has 0 aromatic heterocycles. The molecule has 4 rings (SSSR count). The normalized spacial score (nSPS) is 34.1. The molecular weight excluding hydrogens is 264 g/mol. The van der Waals surface area contributed by atoms with Crippen LogP contribution in [0.25, 0.3) is 0 Å². The van der Waals surface area contributed by atoms with Crippen molar-refractivity contribution in [3.05, 3.63) is 29.8 Å². The van der Waals surface area contributed by atoms with E-state index in [1.807, 2.05) is 24.3 Å². The SMILES string of the molecule is CCC12CCCN=C3c4ccccc4N(C(=O)CC1)C32O. The maximum Gasteiger partial charge on any atom is 0.229 e. The van der Waals surface area contributed by atoms with Crippen molar-refractivity contribution in [1.29, 1.82) is 0 Å². The number of benzene rings is 1. The molecule has 1 N–H and O–H groups in total. The molecule has 4 nitrogen and oxygen atoms in total. The molecule has 0 radical (unpaired) electrons. The van der Waals surface area contributed by atoms with Crippen molar-refractivity contribution < 1.29 is 9.90 Å². The van der Waals surface area contributed by atoms with Gasteiger partial charge in [0, 0.05) is 23.9 Å². The molecule has 2 atom stereocenters. The van der Waals surface area contributed by atoms with Gasteiger partial charge in [0.2, 0.25) is 5.91 Å². The number of rotatable bonds is 1. The molecule has 2 unspecified atom stereocenters. The van der Waals surface area contributed by atoms with E-state index in [9.17, 15) is 9.90 Å². The number of hydrogen-bond acceptors (Lipinski definition) is 3. The number of carbonyl (C=O) groups is 1. The Kier molecular flexibility index (Phi) is 2.58. The van der Waals surface area contributed by atoms with Crippen LogP contribution in [0, 0.1) is 5.41 Å². The lowest BCUT2D eigenvalue weighted by atomic mass is 9.65. The van der Waals surface area contributed by atoms with Crippen LogP contribution in [0.4, 0.5) is 5.69 Å². The minimum Gasteiger partial charge on any atom is -0.365 e. The fourth-order valence-electron chi connectivity index (χ4n) is 4.48. The van der Waals surface area contributed by atoms with Gasteiger partial charge < -0.3 is 5.11 Å². The number of carbonyl (C=O) groups excluding carboxylic acids is 1. The fourth-order valence-corrected chi connectivity index (χ4v) is 4.48. The van der Waals surface area contributed by atoms with E-state index in [4.69, 9.17) is 0 Å². The molecule has 0 aliphatic carbocycles. The lowest BCUT2D eigenvalue weighted by Crippen LogP contribution is -2.66. The summed E-state index contributed by atoms with van der Waals surface area (Å²) in [4.78, 5) is 18.9. The van der Waals surface area contributed by atoms with Gasteiger partial charge in [-0.15, -0.1) is 0 Å². The van der Waals surface area contributed by atoms with E-state index in [0.717, 1.165) is 43.5 Å². The predicted octanol–water partition coefficient (Wildman–Crippen LogP) is 2.49. The van der Waals surface area contributed by atoms with Crippen molar-refractivity contribution in [2.75, 3.05) is 11.4 Å². The Morgan fingerprint density at radius 2 is 2.14 bits per heavy atom. The summed E-state index contributed by atoms with van der Waals surface area (Å²) in [5, 5.41) is 11.7. The van der Waals surface area contributed by atoms with Crippen LogP contribution in [0.5, 0.6) is 0 Å². The molecule has 4 heteroatoms. The van der Waals surface area contributed by atoms with E-state index >= 15 is 0 Å². The van der Waals surface area contributed by atoms with Crippen LogP contribution in [0.2, 0.25) is 0 Å². The molecule has 3 heterocycles. The topological polar surface area (TPSA) is 52.9 Å².